The average molecular weight is 327 g/mol. The number of hydrogen-bond acceptors (Lipinski definition) is 4. The molecule has 1 fully saturated rings. The van der Waals surface area contributed by atoms with Crippen LogP contribution in [0.5, 0.6) is 11.5 Å². The van der Waals surface area contributed by atoms with Crippen LogP contribution in [0.3, 0.4) is 0 Å². The van der Waals surface area contributed by atoms with Crippen LogP contribution in [0.25, 0.3) is 11.0 Å². The van der Waals surface area contributed by atoms with Crippen molar-refractivity contribution in [2.45, 2.75) is 25.6 Å². The van der Waals surface area contributed by atoms with E-state index in [1.54, 1.807) is 6.07 Å². The highest BCUT2D eigenvalue weighted by atomic mass is 19.4. The van der Waals surface area contributed by atoms with Gasteiger partial charge in [-0.15, -0.1) is 0 Å². The standard InChI is InChI=1S/C15H16F3N3O2/c16-15(17,18)14-20-10-4-12-13(23-8-22-12)5-11(10)21(14)7-9-2-1-3-19-6-9/h4-5,9,19H,1-3,6-8H2. The van der Waals surface area contributed by atoms with Crippen molar-refractivity contribution in [3.63, 3.8) is 0 Å². The minimum absolute atomic E-state index is 0.0839. The zero-order valence-electron chi connectivity index (χ0n) is 12.3. The molecule has 0 spiro atoms. The Bertz CT molecular complexity index is 736. The van der Waals surface area contributed by atoms with Crippen molar-refractivity contribution in [2.24, 2.45) is 5.92 Å². The fourth-order valence-corrected chi connectivity index (χ4v) is 3.25. The first-order valence-electron chi connectivity index (χ1n) is 7.60. The van der Waals surface area contributed by atoms with Gasteiger partial charge in [-0.1, -0.05) is 0 Å². The van der Waals surface area contributed by atoms with Crippen molar-refractivity contribution >= 4 is 11.0 Å². The van der Waals surface area contributed by atoms with Gasteiger partial charge in [-0.3, -0.25) is 0 Å². The number of fused-ring (bicyclic) bond motifs is 2. The highest BCUT2D eigenvalue weighted by Crippen LogP contribution is 2.39. The third kappa shape index (κ3) is 2.60. The molecule has 0 amide bonds. The topological polar surface area (TPSA) is 48.3 Å². The molecule has 2 aliphatic heterocycles. The number of halogens is 3. The molecular weight excluding hydrogens is 311 g/mol. The van der Waals surface area contributed by atoms with Gasteiger partial charge >= 0.3 is 6.18 Å². The van der Waals surface area contributed by atoms with E-state index >= 15 is 0 Å². The van der Waals surface area contributed by atoms with E-state index in [-0.39, 0.29) is 24.8 Å². The van der Waals surface area contributed by atoms with E-state index in [0.29, 0.717) is 17.0 Å². The van der Waals surface area contributed by atoms with Crippen LogP contribution in [0.1, 0.15) is 18.7 Å². The Hall–Kier alpha value is -1.96. The van der Waals surface area contributed by atoms with Crippen LogP contribution in [0.4, 0.5) is 13.2 Å². The predicted molar refractivity (Wildman–Crippen MR) is 76.5 cm³/mol. The van der Waals surface area contributed by atoms with Gasteiger partial charge in [-0.2, -0.15) is 13.2 Å². The quantitative estimate of drug-likeness (QED) is 0.921. The number of imidazole rings is 1. The van der Waals surface area contributed by atoms with Crippen molar-refractivity contribution in [1.29, 1.82) is 0 Å². The van der Waals surface area contributed by atoms with E-state index in [4.69, 9.17) is 9.47 Å². The summed E-state index contributed by atoms with van der Waals surface area (Å²) in [4.78, 5) is 3.81. The smallest absolute Gasteiger partial charge is 0.449 e. The Morgan fingerprint density at radius 1 is 1.26 bits per heavy atom. The molecule has 8 heteroatoms. The maximum Gasteiger partial charge on any atom is 0.449 e. The molecule has 0 bridgehead atoms. The molecule has 1 atom stereocenters. The Balaban J connectivity index is 1.81. The van der Waals surface area contributed by atoms with Crippen LogP contribution < -0.4 is 14.8 Å². The second-order valence-corrected chi connectivity index (χ2v) is 5.95. The van der Waals surface area contributed by atoms with Gasteiger partial charge in [0, 0.05) is 18.7 Å². The first-order valence-corrected chi connectivity index (χ1v) is 7.60. The summed E-state index contributed by atoms with van der Waals surface area (Å²) in [7, 11) is 0. The number of benzene rings is 1. The Labute approximate surface area is 130 Å². The molecule has 124 valence electrons. The van der Waals surface area contributed by atoms with Crippen molar-refractivity contribution in [3.05, 3.63) is 18.0 Å². The molecule has 2 aromatic rings. The first-order chi connectivity index (χ1) is 11.0. The zero-order valence-corrected chi connectivity index (χ0v) is 12.3. The number of aromatic nitrogens is 2. The Kier molecular flexibility index (Phi) is 3.37. The zero-order chi connectivity index (χ0) is 16.0. The second kappa shape index (κ2) is 5.30. The van der Waals surface area contributed by atoms with Crippen LogP contribution in [-0.2, 0) is 12.7 Å². The highest BCUT2D eigenvalue weighted by molar-refractivity contribution is 5.81. The maximum absolute atomic E-state index is 13.4. The molecule has 4 rings (SSSR count). The van der Waals surface area contributed by atoms with Gasteiger partial charge in [0.2, 0.25) is 12.6 Å². The van der Waals surface area contributed by atoms with E-state index in [9.17, 15) is 13.2 Å². The van der Waals surface area contributed by atoms with E-state index in [2.05, 4.69) is 10.3 Å². The summed E-state index contributed by atoms with van der Waals surface area (Å²) in [6.45, 7) is 2.02. The Morgan fingerprint density at radius 2 is 2.04 bits per heavy atom. The number of hydrogen-bond donors (Lipinski definition) is 1. The highest BCUT2D eigenvalue weighted by Gasteiger charge is 2.38. The van der Waals surface area contributed by atoms with E-state index < -0.39 is 12.0 Å². The molecule has 23 heavy (non-hydrogen) atoms. The normalized spacial score (nSPS) is 21.1. The predicted octanol–water partition coefficient (Wildman–Crippen LogP) is 2.78. The minimum Gasteiger partial charge on any atom is -0.454 e. The summed E-state index contributed by atoms with van der Waals surface area (Å²) >= 11 is 0. The van der Waals surface area contributed by atoms with Gasteiger partial charge < -0.3 is 19.4 Å². The molecule has 1 aromatic carbocycles. The number of piperidine rings is 1. The lowest BCUT2D eigenvalue weighted by Crippen LogP contribution is -2.33. The number of rotatable bonds is 2. The lowest BCUT2D eigenvalue weighted by atomic mass is 9.99. The maximum atomic E-state index is 13.4. The monoisotopic (exact) mass is 327 g/mol. The summed E-state index contributed by atoms with van der Waals surface area (Å²) < 4.78 is 51.9. The number of ether oxygens (including phenoxy) is 2. The Morgan fingerprint density at radius 3 is 2.74 bits per heavy atom. The summed E-state index contributed by atoms with van der Waals surface area (Å²) in [5, 5.41) is 3.24. The average Bonchev–Trinajstić information content (AvgIpc) is 3.10. The largest absolute Gasteiger partial charge is 0.454 e. The first kappa shape index (κ1) is 14.6. The fourth-order valence-electron chi connectivity index (χ4n) is 3.25. The lowest BCUT2D eigenvalue weighted by Gasteiger charge is -2.24. The third-order valence-corrected chi connectivity index (χ3v) is 4.34. The van der Waals surface area contributed by atoms with E-state index in [0.717, 1.165) is 25.9 Å². The summed E-state index contributed by atoms with van der Waals surface area (Å²) in [6, 6.07) is 3.11. The van der Waals surface area contributed by atoms with Gasteiger partial charge in [-0.05, 0) is 31.8 Å². The molecular formula is C15H16F3N3O2. The summed E-state index contributed by atoms with van der Waals surface area (Å²) in [5.41, 5.74) is 0.720. The van der Waals surface area contributed by atoms with Crippen LogP contribution in [0, 0.1) is 5.92 Å². The van der Waals surface area contributed by atoms with Crippen LogP contribution in [-0.4, -0.2) is 29.4 Å². The SMILES string of the molecule is FC(F)(F)c1nc2cc3c(cc2n1CC1CCCNC1)OCO3. The summed E-state index contributed by atoms with van der Waals surface area (Å²) in [6.07, 6.45) is -2.60. The number of nitrogens with zero attached hydrogens (tertiary/aromatic N) is 2. The second-order valence-electron chi connectivity index (χ2n) is 5.95. The molecule has 1 aromatic heterocycles. The van der Waals surface area contributed by atoms with Gasteiger partial charge in [0.25, 0.3) is 0 Å². The number of alkyl halides is 3. The molecule has 3 heterocycles. The molecule has 1 N–H and O–H groups in total. The molecule has 2 aliphatic rings. The third-order valence-electron chi connectivity index (χ3n) is 4.34. The number of nitrogens with one attached hydrogen (secondary N) is 1. The molecule has 0 radical (unpaired) electrons. The van der Waals surface area contributed by atoms with Crippen molar-refractivity contribution in [3.8, 4) is 11.5 Å². The van der Waals surface area contributed by atoms with Crippen LogP contribution in [0.15, 0.2) is 12.1 Å². The molecule has 0 saturated carbocycles. The van der Waals surface area contributed by atoms with Crippen molar-refractivity contribution < 1.29 is 22.6 Å². The molecule has 1 unspecified atom stereocenters. The van der Waals surface area contributed by atoms with Crippen LogP contribution >= 0.6 is 0 Å². The lowest BCUT2D eigenvalue weighted by molar-refractivity contribution is -0.147. The van der Waals surface area contributed by atoms with Gasteiger partial charge in [0.1, 0.15) is 0 Å². The molecule has 5 nitrogen and oxygen atoms in total. The van der Waals surface area contributed by atoms with Gasteiger partial charge in [-0.25, -0.2) is 4.98 Å². The van der Waals surface area contributed by atoms with Crippen molar-refractivity contribution in [2.75, 3.05) is 19.9 Å². The molecule has 0 aliphatic carbocycles. The van der Waals surface area contributed by atoms with Crippen LogP contribution in [0.2, 0.25) is 0 Å². The van der Waals surface area contributed by atoms with E-state index in [1.165, 1.54) is 10.6 Å². The fraction of sp³-hybridized carbons (Fsp3) is 0.533. The van der Waals surface area contributed by atoms with Crippen molar-refractivity contribution in [1.82, 2.24) is 14.9 Å². The van der Waals surface area contributed by atoms with Gasteiger partial charge in [0.05, 0.1) is 11.0 Å². The van der Waals surface area contributed by atoms with Gasteiger partial charge in [0.15, 0.2) is 11.5 Å². The minimum atomic E-state index is -4.49. The van der Waals surface area contributed by atoms with E-state index in [1.807, 2.05) is 0 Å². The molecule has 1 saturated heterocycles. The summed E-state index contributed by atoms with van der Waals surface area (Å²) in [5.74, 6) is 0.207.